The average Bonchev–Trinajstić information content (AvgIpc) is 2.08. The number of benzene rings is 1. The van der Waals surface area contributed by atoms with E-state index in [1.165, 1.54) is 0 Å². The van der Waals surface area contributed by atoms with Gasteiger partial charge in [0.25, 0.3) is 0 Å². The predicted octanol–water partition coefficient (Wildman–Crippen LogP) is 1.71. The highest BCUT2D eigenvalue weighted by Crippen LogP contribution is 2.34. The third-order valence-electron chi connectivity index (χ3n) is 1.41. The van der Waals surface area contributed by atoms with Gasteiger partial charge in [0.1, 0.15) is 0 Å². The molecule has 0 saturated heterocycles. The molecule has 0 aliphatic carbocycles. The molecule has 1 rings (SSSR count). The van der Waals surface area contributed by atoms with Crippen molar-refractivity contribution in [3.63, 3.8) is 0 Å². The summed E-state index contributed by atoms with van der Waals surface area (Å²) in [6.45, 7) is 0. The van der Waals surface area contributed by atoms with Crippen LogP contribution < -0.4 is 11.5 Å². The van der Waals surface area contributed by atoms with Gasteiger partial charge < -0.3 is 11.5 Å². The smallest absolute Gasteiger partial charge is 0.175 e. The first-order valence-corrected chi connectivity index (χ1v) is 3.80. The van der Waals surface area contributed by atoms with Crippen molar-refractivity contribution in [2.75, 3.05) is 11.5 Å². The highest BCUT2D eigenvalue weighted by molar-refractivity contribution is 7.81. The van der Waals surface area contributed by atoms with Crippen molar-refractivity contribution in [1.82, 2.24) is 0 Å². The van der Waals surface area contributed by atoms with Crippen LogP contribution >= 0.6 is 25.3 Å². The number of nitrogens with two attached hydrogens (primary N) is 2. The Morgan fingerprint density at radius 3 is 1.33 bits per heavy atom. The van der Waals surface area contributed by atoms with E-state index in [9.17, 15) is 8.78 Å². The third kappa shape index (κ3) is 1.21. The highest BCUT2D eigenvalue weighted by atomic mass is 32.1. The molecule has 0 saturated carbocycles. The van der Waals surface area contributed by atoms with Crippen molar-refractivity contribution in [3.8, 4) is 0 Å². The number of anilines is 2. The molecule has 12 heavy (non-hydrogen) atoms. The fraction of sp³-hybridized carbons (Fsp3) is 0. The highest BCUT2D eigenvalue weighted by Gasteiger charge is 2.17. The van der Waals surface area contributed by atoms with E-state index in [1.54, 1.807) is 0 Å². The van der Waals surface area contributed by atoms with Crippen LogP contribution in [-0.2, 0) is 0 Å². The van der Waals surface area contributed by atoms with Crippen LogP contribution in [0.1, 0.15) is 0 Å². The maximum Gasteiger partial charge on any atom is 0.175 e. The number of hydrogen-bond acceptors (Lipinski definition) is 4. The fourth-order valence-electron chi connectivity index (χ4n) is 0.699. The Balaban J connectivity index is 3.60. The monoisotopic (exact) mass is 208 g/mol. The molecule has 0 aliphatic rings. The van der Waals surface area contributed by atoms with E-state index in [0.717, 1.165) is 0 Å². The molecule has 6 heteroatoms. The van der Waals surface area contributed by atoms with E-state index in [-0.39, 0.29) is 21.2 Å². The van der Waals surface area contributed by atoms with Crippen molar-refractivity contribution >= 4 is 36.6 Å². The molecule has 1 aromatic carbocycles. The molecule has 0 bridgehead atoms. The molecule has 4 N–H and O–H groups in total. The Hall–Kier alpha value is -0.620. The number of thiol groups is 2. The first-order chi connectivity index (χ1) is 5.46. The Morgan fingerprint density at radius 1 is 0.833 bits per heavy atom. The lowest BCUT2D eigenvalue weighted by molar-refractivity contribution is 0.478. The van der Waals surface area contributed by atoms with Gasteiger partial charge in [0.15, 0.2) is 11.6 Å². The first-order valence-electron chi connectivity index (χ1n) is 2.90. The summed E-state index contributed by atoms with van der Waals surface area (Å²) in [7, 11) is 0. The van der Waals surface area contributed by atoms with Gasteiger partial charge in [-0.3, -0.25) is 0 Å². The molecule has 0 amide bonds. The van der Waals surface area contributed by atoms with E-state index in [4.69, 9.17) is 11.5 Å². The minimum Gasteiger partial charge on any atom is -0.396 e. The van der Waals surface area contributed by atoms with E-state index in [0.29, 0.717) is 0 Å². The second-order valence-electron chi connectivity index (χ2n) is 2.15. The number of rotatable bonds is 0. The van der Waals surface area contributed by atoms with Gasteiger partial charge in [-0.05, 0) is 0 Å². The SMILES string of the molecule is Nc1c(N)c(S)c(F)c(F)c1S. The summed E-state index contributed by atoms with van der Waals surface area (Å²) in [6.07, 6.45) is 0. The van der Waals surface area contributed by atoms with Crippen LogP contribution in [0.4, 0.5) is 20.2 Å². The lowest BCUT2D eigenvalue weighted by Crippen LogP contribution is -2.02. The molecule has 0 fully saturated rings. The molecule has 66 valence electrons. The molecule has 0 radical (unpaired) electrons. The normalized spacial score (nSPS) is 10.3. The van der Waals surface area contributed by atoms with Crippen molar-refractivity contribution in [1.29, 1.82) is 0 Å². The molecule has 0 unspecified atom stereocenters. The average molecular weight is 208 g/mol. The molecule has 1 aromatic rings. The van der Waals surface area contributed by atoms with E-state index >= 15 is 0 Å². The molecule has 0 aromatic heterocycles. The summed E-state index contributed by atoms with van der Waals surface area (Å²) in [5.41, 5.74) is 10.4. The van der Waals surface area contributed by atoms with Crippen molar-refractivity contribution < 1.29 is 8.78 Å². The van der Waals surface area contributed by atoms with Gasteiger partial charge in [-0.2, -0.15) is 0 Å². The Kier molecular flexibility index (Phi) is 2.39. The standard InChI is InChI=1S/C6H6F2N2S2/c7-1-2(8)6(12)4(10)3(9)5(1)11/h11-12H,9-10H2. The van der Waals surface area contributed by atoms with E-state index < -0.39 is 11.6 Å². The molecular formula is C6H6F2N2S2. The van der Waals surface area contributed by atoms with Crippen LogP contribution in [0.5, 0.6) is 0 Å². The summed E-state index contributed by atoms with van der Waals surface area (Å²) in [5, 5.41) is 0. The second kappa shape index (κ2) is 3.02. The zero-order valence-corrected chi connectivity index (χ0v) is 7.59. The summed E-state index contributed by atoms with van der Waals surface area (Å²) in [4.78, 5) is -0.578. The zero-order chi connectivity index (χ0) is 9.46. The van der Waals surface area contributed by atoms with Gasteiger partial charge in [-0.25, -0.2) is 8.78 Å². The van der Waals surface area contributed by atoms with Gasteiger partial charge in [-0.1, -0.05) is 0 Å². The fourth-order valence-corrected chi connectivity index (χ4v) is 1.14. The quantitative estimate of drug-likeness (QED) is 0.387. The van der Waals surface area contributed by atoms with Gasteiger partial charge in [0.2, 0.25) is 0 Å². The lowest BCUT2D eigenvalue weighted by Gasteiger charge is -2.08. The van der Waals surface area contributed by atoms with E-state index in [2.05, 4.69) is 25.3 Å². The van der Waals surface area contributed by atoms with Gasteiger partial charge >= 0.3 is 0 Å². The Labute approximate surface area is 78.8 Å². The second-order valence-corrected chi connectivity index (χ2v) is 3.05. The van der Waals surface area contributed by atoms with Crippen molar-refractivity contribution in [3.05, 3.63) is 11.6 Å². The van der Waals surface area contributed by atoms with Gasteiger partial charge in [0.05, 0.1) is 21.2 Å². The number of nitrogen functional groups attached to an aromatic ring is 2. The van der Waals surface area contributed by atoms with Gasteiger partial charge in [0, 0.05) is 0 Å². The topological polar surface area (TPSA) is 52.0 Å². The lowest BCUT2D eigenvalue weighted by atomic mass is 10.2. The minimum atomic E-state index is -1.13. The summed E-state index contributed by atoms with van der Waals surface area (Å²) < 4.78 is 25.6. The van der Waals surface area contributed by atoms with Crippen LogP contribution in [0.3, 0.4) is 0 Å². The largest absolute Gasteiger partial charge is 0.396 e. The summed E-state index contributed by atoms with van der Waals surface area (Å²) >= 11 is 7.29. The predicted molar refractivity (Wildman–Crippen MR) is 49.7 cm³/mol. The minimum absolute atomic E-state index is 0.0952. The number of halogens is 2. The maximum absolute atomic E-state index is 12.8. The van der Waals surface area contributed by atoms with Crippen LogP contribution in [0.2, 0.25) is 0 Å². The van der Waals surface area contributed by atoms with Crippen molar-refractivity contribution in [2.45, 2.75) is 9.79 Å². The molecule has 2 nitrogen and oxygen atoms in total. The zero-order valence-electron chi connectivity index (χ0n) is 5.81. The van der Waals surface area contributed by atoms with Gasteiger partial charge in [-0.15, -0.1) is 25.3 Å². The summed E-state index contributed by atoms with van der Waals surface area (Å²) in [6, 6.07) is 0. The van der Waals surface area contributed by atoms with Crippen LogP contribution in [0.15, 0.2) is 9.79 Å². The van der Waals surface area contributed by atoms with E-state index in [1.807, 2.05) is 0 Å². The summed E-state index contributed by atoms with van der Waals surface area (Å²) in [5.74, 6) is -2.26. The molecule has 0 heterocycles. The third-order valence-corrected chi connectivity index (χ3v) is 2.28. The Bertz CT molecular complexity index is 236. The first kappa shape index (κ1) is 9.47. The molecule has 0 aliphatic heterocycles. The molecule has 0 spiro atoms. The van der Waals surface area contributed by atoms with Crippen LogP contribution in [0.25, 0.3) is 0 Å². The van der Waals surface area contributed by atoms with Crippen LogP contribution in [0, 0.1) is 11.6 Å². The Morgan fingerprint density at radius 2 is 1.08 bits per heavy atom. The maximum atomic E-state index is 12.8. The van der Waals surface area contributed by atoms with Crippen molar-refractivity contribution in [2.24, 2.45) is 0 Å². The van der Waals surface area contributed by atoms with Crippen LogP contribution in [-0.4, -0.2) is 0 Å². The molecule has 0 atom stereocenters. The molecular weight excluding hydrogens is 202 g/mol. The number of hydrogen-bond donors (Lipinski definition) is 4.